The van der Waals surface area contributed by atoms with Gasteiger partial charge >= 0.3 is 0 Å². The van der Waals surface area contributed by atoms with Gasteiger partial charge in [-0.3, -0.25) is 0 Å². The van der Waals surface area contributed by atoms with E-state index in [1.807, 2.05) is 0 Å². The zero-order chi connectivity index (χ0) is 13.0. The monoisotopic (exact) mass is 248 g/mol. The summed E-state index contributed by atoms with van der Waals surface area (Å²) in [4.78, 5) is 8.80. The van der Waals surface area contributed by atoms with E-state index in [2.05, 4.69) is 29.1 Å². The number of nitrogens with two attached hydrogens (primary N) is 1. The molecule has 0 radical (unpaired) electrons. The molecule has 4 heteroatoms. The van der Waals surface area contributed by atoms with Crippen LogP contribution in [-0.4, -0.2) is 22.6 Å². The first-order chi connectivity index (χ1) is 8.70. The zero-order valence-corrected chi connectivity index (χ0v) is 11.4. The number of aromatic nitrogens is 2. The Kier molecular flexibility index (Phi) is 4.53. The highest BCUT2D eigenvalue weighted by atomic mass is 15.0. The van der Waals surface area contributed by atoms with Gasteiger partial charge in [0.15, 0.2) is 0 Å². The Labute approximate surface area is 109 Å². The van der Waals surface area contributed by atoms with Crippen molar-refractivity contribution in [2.75, 3.05) is 11.9 Å². The average Bonchev–Trinajstić information content (AvgIpc) is 2.38. The van der Waals surface area contributed by atoms with E-state index in [9.17, 15) is 0 Å². The number of fused-ring (bicyclic) bond motifs is 1. The van der Waals surface area contributed by atoms with Gasteiger partial charge in [-0.05, 0) is 38.0 Å². The molecule has 1 aliphatic rings. The molecule has 0 spiro atoms. The Hall–Kier alpha value is -1.16. The lowest BCUT2D eigenvalue weighted by Gasteiger charge is -2.23. The van der Waals surface area contributed by atoms with Gasteiger partial charge in [-0.2, -0.15) is 0 Å². The Morgan fingerprint density at radius 3 is 2.78 bits per heavy atom. The SMILES string of the molecule is CC(C)CC(CN)Nc1ncnc2c1CCCC2. The maximum absolute atomic E-state index is 5.84. The first-order valence-corrected chi connectivity index (χ1v) is 7.00. The molecule has 0 aliphatic heterocycles. The van der Waals surface area contributed by atoms with Crippen molar-refractivity contribution >= 4 is 5.82 Å². The largest absolute Gasteiger partial charge is 0.366 e. The van der Waals surface area contributed by atoms with E-state index in [0.29, 0.717) is 18.5 Å². The molecule has 2 rings (SSSR count). The average molecular weight is 248 g/mol. The standard InChI is InChI=1S/C14H24N4/c1-10(2)7-11(8-15)18-14-12-5-3-4-6-13(12)16-9-17-14/h9-11H,3-8,15H2,1-2H3,(H,16,17,18). The molecule has 0 bridgehead atoms. The van der Waals surface area contributed by atoms with E-state index in [1.165, 1.54) is 24.1 Å². The van der Waals surface area contributed by atoms with Crippen LogP contribution >= 0.6 is 0 Å². The third kappa shape index (κ3) is 3.19. The summed E-state index contributed by atoms with van der Waals surface area (Å²) < 4.78 is 0. The van der Waals surface area contributed by atoms with Gasteiger partial charge in [0.1, 0.15) is 12.1 Å². The van der Waals surface area contributed by atoms with E-state index < -0.39 is 0 Å². The number of aryl methyl sites for hydroxylation is 1. The molecule has 1 aliphatic carbocycles. The van der Waals surface area contributed by atoms with Gasteiger partial charge in [-0.1, -0.05) is 13.8 Å². The van der Waals surface area contributed by atoms with Crippen molar-refractivity contribution in [3.8, 4) is 0 Å². The van der Waals surface area contributed by atoms with Crippen molar-refractivity contribution < 1.29 is 0 Å². The first-order valence-electron chi connectivity index (χ1n) is 7.00. The smallest absolute Gasteiger partial charge is 0.133 e. The third-order valence-corrected chi connectivity index (χ3v) is 3.51. The van der Waals surface area contributed by atoms with Crippen LogP contribution in [-0.2, 0) is 12.8 Å². The second-order valence-electron chi connectivity index (χ2n) is 5.56. The number of hydrogen-bond acceptors (Lipinski definition) is 4. The molecule has 0 fully saturated rings. The van der Waals surface area contributed by atoms with Crippen LogP contribution in [0.15, 0.2) is 6.33 Å². The van der Waals surface area contributed by atoms with E-state index in [-0.39, 0.29) is 0 Å². The molecule has 0 amide bonds. The number of anilines is 1. The van der Waals surface area contributed by atoms with Gasteiger partial charge in [-0.25, -0.2) is 9.97 Å². The van der Waals surface area contributed by atoms with Gasteiger partial charge in [-0.15, -0.1) is 0 Å². The molecule has 1 heterocycles. The summed E-state index contributed by atoms with van der Waals surface area (Å²) in [5, 5.41) is 3.51. The van der Waals surface area contributed by atoms with Gasteiger partial charge in [0, 0.05) is 23.8 Å². The van der Waals surface area contributed by atoms with E-state index >= 15 is 0 Å². The molecule has 0 saturated heterocycles. The van der Waals surface area contributed by atoms with Gasteiger partial charge in [0.05, 0.1) is 0 Å². The summed E-state index contributed by atoms with van der Waals surface area (Å²) >= 11 is 0. The van der Waals surface area contributed by atoms with Crippen LogP contribution < -0.4 is 11.1 Å². The summed E-state index contributed by atoms with van der Waals surface area (Å²) in [6.45, 7) is 5.09. The maximum atomic E-state index is 5.84. The summed E-state index contributed by atoms with van der Waals surface area (Å²) in [5.41, 5.74) is 8.37. The third-order valence-electron chi connectivity index (χ3n) is 3.51. The van der Waals surface area contributed by atoms with Crippen molar-refractivity contribution in [3.05, 3.63) is 17.6 Å². The minimum Gasteiger partial charge on any atom is -0.366 e. The van der Waals surface area contributed by atoms with Crippen molar-refractivity contribution in [1.82, 2.24) is 9.97 Å². The van der Waals surface area contributed by atoms with E-state index in [1.54, 1.807) is 6.33 Å². The first kappa shape index (κ1) is 13.3. The number of nitrogens with one attached hydrogen (secondary N) is 1. The zero-order valence-electron chi connectivity index (χ0n) is 11.4. The molecule has 4 nitrogen and oxygen atoms in total. The fourth-order valence-corrected chi connectivity index (χ4v) is 2.62. The molecule has 1 aromatic rings. The fourth-order valence-electron chi connectivity index (χ4n) is 2.62. The van der Waals surface area contributed by atoms with Crippen LogP contribution in [0, 0.1) is 5.92 Å². The second kappa shape index (κ2) is 6.14. The Morgan fingerprint density at radius 1 is 1.28 bits per heavy atom. The Balaban J connectivity index is 2.12. The highest BCUT2D eigenvalue weighted by Crippen LogP contribution is 2.25. The fraction of sp³-hybridized carbons (Fsp3) is 0.714. The summed E-state index contributed by atoms with van der Waals surface area (Å²) in [6, 6.07) is 0.311. The Bertz CT molecular complexity index is 389. The molecule has 1 unspecified atom stereocenters. The van der Waals surface area contributed by atoms with Crippen LogP contribution in [0.3, 0.4) is 0 Å². The number of hydrogen-bond donors (Lipinski definition) is 2. The van der Waals surface area contributed by atoms with Crippen LogP contribution in [0.1, 0.15) is 44.4 Å². The minimum atomic E-state index is 0.311. The normalized spacial score (nSPS) is 16.4. The lowest BCUT2D eigenvalue weighted by Crippen LogP contribution is -2.31. The van der Waals surface area contributed by atoms with Crippen LogP contribution in [0.4, 0.5) is 5.82 Å². The quantitative estimate of drug-likeness (QED) is 0.838. The lowest BCUT2D eigenvalue weighted by atomic mass is 9.96. The number of rotatable bonds is 5. The second-order valence-corrected chi connectivity index (χ2v) is 5.56. The van der Waals surface area contributed by atoms with Crippen LogP contribution in [0.25, 0.3) is 0 Å². The number of nitrogens with zero attached hydrogens (tertiary/aromatic N) is 2. The topological polar surface area (TPSA) is 63.8 Å². The minimum absolute atomic E-state index is 0.311. The van der Waals surface area contributed by atoms with Crippen molar-refractivity contribution in [3.63, 3.8) is 0 Å². The van der Waals surface area contributed by atoms with Crippen LogP contribution in [0.5, 0.6) is 0 Å². The molecule has 1 atom stereocenters. The van der Waals surface area contributed by atoms with E-state index in [4.69, 9.17) is 5.73 Å². The molecule has 3 N–H and O–H groups in total. The van der Waals surface area contributed by atoms with Gasteiger partial charge < -0.3 is 11.1 Å². The molecule has 100 valence electrons. The summed E-state index contributed by atoms with van der Waals surface area (Å²) in [7, 11) is 0. The highest BCUT2D eigenvalue weighted by molar-refractivity contribution is 5.47. The predicted octanol–water partition coefficient (Wildman–Crippen LogP) is 2.14. The maximum Gasteiger partial charge on any atom is 0.133 e. The summed E-state index contributed by atoms with van der Waals surface area (Å²) in [6.07, 6.45) is 7.43. The van der Waals surface area contributed by atoms with Gasteiger partial charge in [0.2, 0.25) is 0 Å². The summed E-state index contributed by atoms with van der Waals surface area (Å²) in [5.74, 6) is 1.65. The predicted molar refractivity (Wildman–Crippen MR) is 74.6 cm³/mol. The van der Waals surface area contributed by atoms with Crippen molar-refractivity contribution in [2.45, 2.75) is 52.0 Å². The molecular weight excluding hydrogens is 224 g/mol. The molecule has 0 saturated carbocycles. The lowest BCUT2D eigenvalue weighted by molar-refractivity contribution is 0.519. The van der Waals surface area contributed by atoms with E-state index in [0.717, 1.165) is 25.1 Å². The van der Waals surface area contributed by atoms with Crippen molar-refractivity contribution in [1.29, 1.82) is 0 Å². The molecule has 1 aromatic heterocycles. The molecule has 18 heavy (non-hydrogen) atoms. The molecular formula is C14H24N4. The van der Waals surface area contributed by atoms with Gasteiger partial charge in [0.25, 0.3) is 0 Å². The van der Waals surface area contributed by atoms with Crippen molar-refractivity contribution in [2.24, 2.45) is 11.7 Å². The van der Waals surface area contributed by atoms with Crippen LogP contribution in [0.2, 0.25) is 0 Å². The Morgan fingerprint density at radius 2 is 2.06 bits per heavy atom. The molecule has 0 aromatic carbocycles. The highest BCUT2D eigenvalue weighted by Gasteiger charge is 2.17.